The minimum Gasteiger partial charge on any atom is -0.351 e. The van der Waals surface area contributed by atoms with Gasteiger partial charge in [0.15, 0.2) is 0 Å². The Hall–Kier alpha value is -2.41. The maximum absolute atomic E-state index is 12.4. The number of hydrogen-bond acceptors (Lipinski definition) is 5. The molecule has 4 rings (SSSR count). The first-order chi connectivity index (χ1) is 14.6. The number of carbonyl (C=O) groups is 1. The molecule has 0 spiro atoms. The van der Waals surface area contributed by atoms with Crippen LogP contribution in [0.2, 0.25) is 10.0 Å². The average molecular weight is 445 g/mol. The molecule has 1 saturated heterocycles. The molecule has 2 aromatic heterocycles. The predicted octanol–water partition coefficient (Wildman–Crippen LogP) is 4.69. The fourth-order valence-corrected chi connectivity index (χ4v) is 4.02. The third kappa shape index (κ3) is 5.19. The van der Waals surface area contributed by atoms with Crippen molar-refractivity contribution >= 4 is 29.1 Å². The van der Waals surface area contributed by atoms with E-state index >= 15 is 0 Å². The van der Waals surface area contributed by atoms with E-state index < -0.39 is 0 Å². The first-order valence-electron chi connectivity index (χ1n) is 9.88. The van der Waals surface area contributed by atoms with Crippen molar-refractivity contribution in [1.29, 1.82) is 0 Å². The zero-order chi connectivity index (χ0) is 20.9. The summed E-state index contributed by atoms with van der Waals surface area (Å²) in [6, 6.07) is 11.2. The van der Waals surface area contributed by atoms with Gasteiger partial charge in [0, 0.05) is 44.0 Å². The fourth-order valence-electron chi connectivity index (χ4n) is 3.70. The number of pyridine rings is 1. The molecule has 3 aromatic rings. The number of amides is 1. The molecule has 1 amide bonds. The van der Waals surface area contributed by atoms with E-state index in [1.807, 2.05) is 30.3 Å². The normalized spacial score (nSPS) is 17.1. The summed E-state index contributed by atoms with van der Waals surface area (Å²) in [6.45, 7) is 3.07. The van der Waals surface area contributed by atoms with Gasteiger partial charge in [-0.1, -0.05) is 34.4 Å². The molecule has 0 aliphatic carbocycles. The van der Waals surface area contributed by atoms with Gasteiger partial charge >= 0.3 is 0 Å². The number of piperidine rings is 1. The zero-order valence-corrected chi connectivity index (χ0v) is 17.9. The van der Waals surface area contributed by atoms with Gasteiger partial charge in [-0.2, -0.15) is 0 Å². The summed E-state index contributed by atoms with van der Waals surface area (Å²) in [5.41, 5.74) is 2.92. The molecule has 1 aliphatic heterocycles. The number of benzene rings is 1. The van der Waals surface area contributed by atoms with Crippen LogP contribution in [0.25, 0.3) is 0 Å². The van der Waals surface area contributed by atoms with Crippen LogP contribution >= 0.6 is 23.2 Å². The Morgan fingerprint density at radius 2 is 1.97 bits per heavy atom. The van der Waals surface area contributed by atoms with Gasteiger partial charge in [0.2, 0.25) is 5.76 Å². The van der Waals surface area contributed by atoms with Crippen molar-refractivity contribution in [1.82, 2.24) is 20.4 Å². The van der Waals surface area contributed by atoms with E-state index in [1.165, 1.54) is 0 Å². The summed E-state index contributed by atoms with van der Waals surface area (Å²) in [6.07, 6.45) is 5.46. The minimum absolute atomic E-state index is 0.229. The topological polar surface area (TPSA) is 71.3 Å². The Kier molecular flexibility index (Phi) is 6.67. The fraction of sp³-hybridized carbons (Fsp3) is 0.318. The van der Waals surface area contributed by atoms with Crippen LogP contribution in [0.3, 0.4) is 0 Å². The number of halogens is 2. The predicted molar refractivity (Wildman–Crippen MR) is 116 cm³/mol. The highest BCUT2D eigenvalue weighted by Gasteiger charge is 2.25. The van der Waals surface area contributed by atoms with Crippen molar-refractivity contribution in [2.75, 3.05) is 13.1 Å². The number of aromatic nitrogens is 2. The van der Waals surface area contributed by atoms with Gasteiger partial charge in [-0.15, -0.1) is 0 Å². The molecule has 0 unspecified atom stereocenters. The molecule has 1 fully saturated rings. The second-order valence-corrected chi connectivity index (χ2v) is 8.29. The molecule has 156 valence electrons. The summed E-state index contributed by atoms with van der Waals surface area (Å²) in [5, 5.41) is 8.16. The Bertz CT molecular complexity index is 1010. The molecule has 3 heterocycles. The van der Waals surface area contributed by atoms with E-state index in [1.54, 1.807) is 18.5 Å². The maximum atomic E-state index is 12.4. The summed E-state index contributed by atoms with van der Waals surface area (Å²) in [5.74, 6) is 0.196. The van der Waals surface area contributed by atoms with Gasteiger partial charge in [-0.25, -0.2) is 0 Å². The summed E-state index contributed by atoms with van der Waals surface area (Å²) < 4.78 is 5.33. The van der Waals surface area contributed by atoms with Crippen molar-refractivity contribution in [3.8, 4) is 0 Å². The molecule has 8 heteroatoms. The SMILES string of the molecule is O=C(NCc1ccncc1)c1cc([C@@H]2CCCN(Cc3ccc(Cl)c(Cl)c3)C2)no1. The van der Waals surface area contributed by atoms with Crippen LogP contribution in [0.5, 0.6) is 0 Å². The standard InChI is InChI=1S/C22H22Cl2N4O2/c23-18-4-3-16(10-19(18)24)13-28-9-1-2-17(14-28)20-11-21(30-27-20)22(29)26-12-15-5-7-25-8-6-15/h3-8,10-11,17H,1-2,9,12-14H2,(H,26,29)/t17-/m1/s1. The molecule has 0 radical (unpaired) electrons. The highest BCUT2D eigenvalue weighted by atomic mass is 35.5. The number of hydrogen-bond donors (Lipinski definition) is 1. The smallest absolute Gasteiger partial charge is 0.290 e. The average Bonchev–Trinajstić information content (AvgIpc) is 3.26. The van der Waals surface area contributed by atoms with E-state index in [2.05, 4.69) is 20.4 Å². The molecule has 0 bridgehead atoms. The largest absolute Gasteiger partial charge is 0.351 e. The number of nitrogens with zero attached hydrogens (tertiary/aromatic N) is 3. The van der Waals surface area contributed by atoms with E-state index in [0.717, 1.165) is 49.3 Å². The van der Waals surface area contributed by atoms with Crippen LogP contribution in [0, 0.1) is 0 Å². The van der Waals surface area contributed by atoms with Crippen molar-refractivity contribution < 1.29 is 9.32 Å². The molecule has 6 nitrogen and oxygen atoms in total. The second-order valence-electron chi connectivity index (χ2n) is 7.48. The van der Waals surface area contributed by atoms with Crippen molar-refractivity contribution in [2.45, 2.75) is 31.8 Å². The summed E-state index contributed by atoms with van der Waals surface area (Å²) in [4.78, 5) is 18.7. The first-order valence-corrected chi connectivity index (χ1v) is 10.6. The van der Waals surface area contributed by atoms with Gasteiger partial charge in [0.05, 0.1) is 15.7 Å². The Morgan fingerprint density at radius 1 is 1.13 bits per heavy atom. The molecule has 1 N–H and O–H groups in total. The molecule has 0 saturated carbocycles. The molecule has 1 aliphatic rings. The van der Waals surface area contributed by atoms with Crippen LogP contribution in [-0.2, 0) is 13.1 Å². The van der Waals surface area contributed by atoms with Crippen molar-refractivity contribution in [2.24, 2.45) is 0 Å². The van der Waals surface area contributed by atoms with Gasteiger partial charge in [0.25, 0.3) is 5.91 Å². The number of nitrogens with one attached hydrogen (secondary N) is 1. The van der Waals surface area contributed by atoms with Gasteiger partial charge < -0.3 is 9.84 Å². The van der Waals surface area contributed by atoms with Crippen LogP contribution in [0.1, 0.15) is 46.1 Å². The maximum Gasteiger partial charge on any atom is 0.290 e. The number of rotatable bonds is 6. The highest BCUT2D eigenvalue weighted by molar-refractivity contribution is 6.42. The third-order valence-corrected chi connectivity index (χ3v) is 6.01. The molecule has 30 heavy (non-hydrogen) atoms. The Balaban J connectivity index is 1.35. The lowest BCUT2D eigenvalue weighted by Crippen LogP contribution is -2.34. The van der Waals surface area contributed by atoms with Crippen LogP contribution < -0.4 is 5.32 Å². The molecular weight excluding hydrogens is 423 g/mol. The summed E-state index contributed by atoms with van der Waals surface area (Å²) >= 11 is 12.2. The third-order valence-electron chi connectivity index (χ3n) is 5.27. The minimum atomic E-state index is -0.269. The first kappa shape index (κ1) is 20.8. The van der Waals surface area contributed by atoms with E-state index in [0.29, 0.717) is 16.6 Å². The Morgan fingerprint density at radius 3 is 2.77 bits per heavy atom. The number of likely N-dealkylation sites (tertiary alicyclic amines) is 1. The van der Waals surface area contributed by atoms with E-state index in [9.17, 15) is 4.79 Å². The van der Waals surface area contributed by atoms with Crippen LogP contribution in [-0.4, -0.2) is 34.0 Å². The van der Waals surface area contributed by atoms with Gasteiger partial charge in [-0.05, 0) is 54.8 Å². The quantitative estimate of drug-likeness (QED) is 0.596. The summed E-state index contributed by atoms with van der Waals surface area (Å²) in [7, 11) is 0. The number of carbonyl (C=O) groups excluding carboxylic acids is 1. The van der Waals surface area contributed by atoms with Gasteiger partial charge in [-0.3, -0.25) is 14.7 Å². The lowest BCUT2D eigenvalue weighted by molar-refractivity contribution is 0.0913. The lowest BCUT2D eigenvalue weighted by Gasteiger charge is -2.31. The van der Waals surface area contributed by atoms with Crippen LogP contribution in [0.4, 0.5) is 0 Å². The van der Waals surface area contributed by atoms with Crippen molar-refractivity contribution in [3.63, 3.8) is 0 Å². The molecular formula is C22H22Cl2N4O2. The monoisotopic (exact) mass is 444 g/mol. The van der Waals surface area contributed by atoms with Gasteiger partial charge in [0.1, 0.15) is 0 Å². The van der Waals surface area contributed by atoms with E-state index in [-0.39, 0.29) is 17.6 Å². The Labute approximate surface area is 185 Å². The highest BCUT2D eigenvalue weighted by Crippen LogP contribution is 2.29. The van der Waals surface area contributed by atoms with E-state index in [4.69, 9.17) is 27.7 Å². The van der Waals surface area contributed by atoms with Crippen LogP contribution in [0.15, 0.2) is 53.3 Å². The molecule has 1 aromatic carbocycles. The molecule has 1 atom stereocenters. The second kappa shape index (κ2) is 9.60. The van der Waals surface area contributed by atoms with Crippen molar-refractivity contribution in [3.05, 3.63) is 81.4 Å². The zero-order valence-electron chi connectivity index (χ0n) is 16.4. The lowest BCUT2D eigenvalue weighted by atomic mass is 9.94.